The number of aryl methyl sites for hydroxylation is 1. The highest BCUT2D eigenvalue weighted by Gasteiger charge is 2.11. The maximum atomic E-state index is 13.7. The summed E-state index contributed by atoms with van der Waals surface area (Å²) in [6.07, 6.45) is 4.90. The number of H-pyrrole nitrogens is 1. The van der Waals surface area contributed by atoms with Crippen molar-refractivity contribution < 1.29 is 13.9 Å². The molecule has 2 N–H and O–H groups in total. The van der Waals surface area contributed by atoms with Crippen LogP contribution < -0.4 is 10.1 Å². The molecule has 0 radical (unpaired) electrons. The van der Waals surface area contributed by atoms with Crippen LogP contribution in [0.2, 0.25) is 0 Å². The van der Waals surface area contributed by atoms with Crippen molar-refractivity contribution in [2.45, 2.75) is 12.8 Å². The van der Waals surface area contributed by atoms with Crippen molar-refractivity contribution in [3.05, 3.63) is 47.8 Å². The number of carbonyl (C=O) groups excluding carboxylic acids is 1. The first-order chi connectivity index (χ1) is 9.70. The van der Waals surface area contributed by atoms with E-state index >= 15 is 0 Å². The van der Waals surface area contributed by atoms with Crippen LogP contribution in [0.25, 0.3) is 0 Å². The molecule has 0 atom stereocenters. The van der Waals surface area contributed by atoms with Gasteiger partial charge in [0.2, 0.25) is 0 Å². The van der Waals surface area contributed by atoms with Gasteiger partial charge in [-0.2, -0.15) is 0 Å². The molecule has 1 aromatic heterocycles. The van der Waals surface area contributed by atoms with E-state index in [0.29, 0.717) is 12.3 Å². The Labute approximate surface area is 116 Å². The number of hydrogen-bond acceptors (Lipinski definition) is 3. The number of rotatable bonds is 6. The zero-order valence-electron chi connectivity index (χ0n) is 11.1. The molecule has 0 aliphatic heterocycles. The van der Waals surface area contributed by atoms with Crippen LogP contribution in [0.15, 0.2) is 30.6 Å². The van der Waals surface area contributed by atoms with Gasteiger partial charge in [0.1, 0.15) is 17.4 Å². The standard InChI is InChI=1S/C14H16FN3O2/c1-20-10-4-5-11(12(15)9-10)14(19)18-6-2-3-13-16-7-8-17-13/h4-5,7-9H,2-3,6H2,1H3,(H,16,17)(H,18,19). The maximum Gasteiger partial charge on any atom is 0.254 e. The van der Waals surface area contributed by atoms with Gasteiger partial charge in [-0.1, -0.05) is 0 Å². The average Bonchev–Trinajstić information content (AvgIpc) is 2.96. The number of nitrogens with one attached hydrogen (secondary N) is 2. The topological polar surface area (TPSA) is 67.0 Å². The van der Waals surface area contributed by atoms with E-state index < -0.39 is 11.7 Å². The Morgan fingerprint density at radius 2 is 2.35 bits per heavy atom. The number of hydrogen-bond donors (Lipinski definition) is 2. The highest BCUT2D eigenvalue weighted by molar-refractivity contribution is 5.94. The number of halogens is 1. The van der Waals surface area contributed by atoms with Gasteiger partial charge in [-0.3, -0.25) is 4.79 Å². The van der Waals surface area contributed by atoms with Gasteiger partial charge < -0.3 is 15.0 Å². The van der Waals surface area contributed by atoms with Crippen LogP contribution >= 0.6 is 0 Å². The van der Waals surface area contributed by atoms with E-state index in [0.717, 1.165) is 18.7 Å². The van der Waals surface area contributed by atoms with E-state index in [2.05, 4.69) is 15.3 Å². The first-order valence-electron chi connectivity index (χ1n) is 6.30. The largest absolute Gasteiger partial charge is 0.497 e. The van der Waals surface area contributed by atoms with Crippen LogP contribution in [0.4, 0.5) is 4.39 Å². The van der Waals surface area contributed by atoms with Gasteiger partial charge in [-0.25, -0.2) is 9.37 Å². The van der Waals surface area contributed by atoms with Crippen molar-refractivity contribution in [1.82, 2.24) is 15.3 Å². The lowest BCUT2D eigenvalue weighted by Gasteiger charge is -2.07. The van der Waals surface area contributed by atoms with Crippen molar-refractivity contribution in [3.63, 3.8) is 0 Å². The molecule has 0 aliphatic carbocycles. The predicted octanol–water partition coefficient (Wildman–Crippen LogP) is 1.92. The number of nitrogens with zero attached hydrogens (tertiary/aromatic N) is 1. The van der Waals surface area contributed by atoms with Gasteiger partial charge in [-0.05, 0) is 18.6 Å². The fraction of sp³-hybridized carbons (Fsp3) is 0.286. The fourth-order valence-corrected chi connectivity index (χ4v) is 1.79. The van der Waals surface area contributed by atoms with Crippen LogP contribution in [0.3, 0.4) is 0 Å². The molecular weight excluding hydrogens is 261 g/mol. The first-order valence-corrected chi connectivity index (χ1v) is 6.30. The summed E-state index contributed by atoms with van der Waals surface area (Å²) in [6, 6.07) is 4.16. The summed E-state index contributed by atoms with van der Waals surface area (Å²) in [7, 11) is 1.45. The summed E-state index contributed by atoms with van der Waals surface area (Å²) in [6.45, 7) is 0.463. The van der Waals surface area contributed by atoms with Gasteiger partial charge in [0, 0.05) is 31.4 Å². The molecular formula is C14H16FN3O2. The molecule has 0 saturated carbocycles. The number of amides is 1. The molecule has 1 aromatic carbocycles. The van der Waals surface area contributed by atoms with Gasteiger partial charge in [0.15, 0.2) is 0 Å². The zero-order chi connectivity index (χ0) is 14.4. The maximum absolute atomic E-state index is 13.7. The molecule has 0 bridgehead atoms. The quantitative estimate of drug-likeness (QED) is 0.793. The molecule has 0 fully saturated rings. The lowest BCUT2D eigenvalue weighted by molar-refractivity contribution is 0.0949. The van der Waals surface area contributed by atoms with Gasteiger partial charge >= 0.3 is 0 Å². The molecule has 106 valence electrons. The van der Waals surface area contributed by atoms with Crippen LogP contribution in [-0.4, -0.2) is 29.5 Å². The Morgan fingerprint density at radius 3 is 3.00 bits per heavy atom. The van der Waals surface area contributed by atoms with Crippen molar-refractivity contribution in [3.8, 4) is 5.75 Å². The monoisotopic (exact) mass is 277 g/mol. The summed E-state index contributed by atoms with van der Waals surface area (Å²) in [5, 5.41) is 2.68. The van der Waals surface area contributed by atoms with Gasteiger partial charge in [-0.15, -0.1) is 0 Å². The van der Waals surface area contributed by atoms with Crippen molar-refractivity contribution in [2.75, 3.05) is 13.7 Å². The Morgan fingerprint density at radius 1 is 1.50 bits per heavy atom. The van der Waals surface area contributed by atoms with E-state index in [4.69, 9.17) is 4.74 Å². The minimum Gasteiger partial charge on any atom is -0.497 e. The molecule has 1 amide bonds. The second kappa shape index (κ2) is 6.70. The van der Waals surface area contributed by atoms with E-state index in [1.54, 1.807) is 18.5 Å². The summed E-state index contributed by atoms with van der Waals surface area (Å²) in [5.74, 6) is 0.240. The third-order valence-electron chi connectivity index (χ3n) is 2.85. The highest BCUT2D eigenvalue weighted by Crippen LogP contribution is 2.16. The lowest BCUT2D eigenvalue weighted by Crippen LogP contribution is -2.25. The number of imidazole rings is 1. The fourth-order valence-electron chi connectivity index (χ4n) is 1.79. The molecule has 2 aromatic rings. The summed E-state index contributed by atoms with van der Waals surface area (Å²) in [5.41, 5.74) is 0.0174. The smallest absolute Gasteiger partial charge is 0.254 e. The molecule has 0 aliphatic rings. The van der Waals surface area contributed by atoms with Gasteiger partial charge in [0.05, 0.1) is 12.7 Å². The van der Waals surface area contributed by atoms with Gasteiger partial charge in [0.25, 0.3) is 5.91 Å². The number of aromatic amines is 1. The SMILES string of the molecule is COc1ccc(C(=O)NCCCc2ncc[nH]2)c(F)c1. The van der Waals surface area contributed by atoms with E-state index in [9.17, 15) is 9.18 Å². The molecule has 6 heteroatoms. The Hall–Kier alpha value is -2.37. The molecule has 2 rings (SSSR count). The Bertz CT molecular complexity index is 570. The molecule has 0 spiro atoms. The van der Waals surface area contributed by atoms with E-state index in [1.807, 2.05) is 0 Å². The lowest BCUT2D eigenvalue weighted by atomic mass is 10.2. The van der Waals surface area contributed by atoms with Crippen molar-refractivity contribution in [2.24, 2.45) is 0 Å². The van der Waals surface area contributed by atoms with E-state index in [-0.39, 0.29) is 5.56 Å². The third-order valence-corrected chi connectivity index (χ3v) is 2.85. The van der Waals surface area contributed by atoms with Crippen LogP contribution in [0.1, 0.15) is 22.6 Å². The molecule has 1 heterocycles. The number of ether oxygens (including phenoxy) is 1. The zero-order valence-corrected chi connectivity index (χ0v) is 11.1. The summed E-state index contributed by atoms with van der Waals surface area (Å²) in [4.78, 5) is 18.9. The molecule has 20 heavy (non-hydrogen) atoms. The summed E-state index contributed by atoms with van der Waals surface area (Å²) >= 11 is 0. The number of carbonyl (C=O) groups is 1. The average molecular weight is 277 g/mol. The minimum atomic E-state index is -0.590. The van der Waals surface area contributed by atoms with E-state index in [1.165, 1.54) is 19.2 Å². The molecule has 0 unspecified atom stereocenters. The second-order valence-corrected chi connectivity index (χ2v) is 4.24. The molecule has 5 nitrogen and oxygen atoms in total. The first kappa shape index (κ1) is 14.0. The van der Waals surface area contributed by atoms with Crippen molar-refractivity contribution >= 4 is 5.91 Å². The number of methoxy groups -OCH3 is 1. The minimum absolute atomic E-state index is 0.0174. The number of aromatic nitrogens is 2. The third kappa shape index (κ3) is 3.57. The normalized spacial score (nSPS) is 10.3. The highest BCUT2D eigenvalue weighted by atomic mass is 19.1. The molecule has 0 saturated heterocycles. The van der Waals surface area contributed by atoms with Crippen LogP contribution in [0.5, 0.6) is 5.75 Å². The second-order valence-electron chi connectivity index (χ2n) is 4.24. The Balaban J connectivity index is 1.82. The number of benzene rings is 1. The van der Waals surface area contributed by atoms with Crippen LogP contribution in [-0.2, 0) is 6.42 Å². The predicted molar refractivity (Wildman–Crippen MR) is 72.2 cm³/mol. The Kier molecular flexibility index (Phi) is 4.70. The van der Waals surface area contributed by atoms with Crippen molar-refractivity contribution in [1.29, 1.82) is 0 Å². The summed E-state index contributed by atoms with van der Waals surface area (Å²) < 4.78 is 18.6. The van der Waals surface area contributed by atoms with Crippen LogP contribution in [0, 0.1) is 5.82 Å².